The molecule has 1 aliphatic rings. The lowest BCUT2D eigenvalue weighted by Gasteiger charge is -2.19. The molecule has 0 spiro atoms. The standard InChI is InChI=1S/C30H29BrClNO5S/c1-30(2,3)21-5-10-24(11-6-21)37-16-17-38-26-19-22(31)7-4-20(26)18-27-28(34)33(29(35)39-27)14-15-36-25-12-8-23(32)9-13-25/h4-13,18-19H,14-17H2,1-3H3/b27-18-. The number of carbonyl (C=O) groups excluding carboxylic acids is 2. The van der Waals surface area contributed by atoms with E-state index < -0.39 is 0 Å². The minimum absolute atomic E-state index is 0.0824. The fourth-order valence-corrected chi connectivity index (χ4v) is 5.06. The summed E-state index contributed by atoms with van der Waals surface area (Å²) in [6, 6.07) is 20.5. The van der Waals surface area contributed by atoms with Crippen LogP contribution in [0.15, 0.2) is 76.1 Å². The SMILES string of the molecule is CC(C)(C)c1ccc(OCCOc2cc(Br)ccc2/C=C2\SC(=O)N(CCOc3ccc(Cl)cc3)C2=O)cc1. The predicted octanol–water partition coefficient (Wildman–Crippen LogP) is 7.97. The zero-order valence-corrected chi connectivity index (χ0v) is 25.1. The Balaban J connectivity index is 1.34. The molecule has 6 nitrogen and oxygen atoms in total. The highest BCUT2D eigenvalue weighted by Crippen LogP contribution is 2.35. The van der Waals surface area contributed by atoms with Crippen molar-refractivity contribution in [2.75, 3.05) is 26.4 Å². The van der Waals surface area contributed by atoms with E-state index in [1.54, 1.807) is 30.3 Å². The van der Waals surface area contributed by atoms with E-state index in [1.165, 1.54) is 10.5 Å². The largest absolute Gasteiger partial charge is 0.492 e. The van der Waals surface area contributed by atoms with Gasteiger partial charge in [-0.05, 0) is 77.3 Å². The topological polar surface area (TPSA) is 65.1 Å². The Kier molecular flexibility index (Phi) is 9.64. The smallest absolute Gasteiger partial charge is 0.293 e. The van der Waals surface area contributed by atoms with E-state index >= 15 is 0 Å². The summed E-state index contributed by atoms with van der Waals surface area (Å²) in [4.78, 5) is 27.0. The molecule has 204 valence electrons. The summed E-state index contributed by atoms with van der Waals surface area (Å²) in [5.41, 5.74) is 2.01. The molecule has 9 heteroatoms. The molecule has 0 atom stereocenters. The first-order chi connectivity index (χ1) is 18.6. The number of amides is 2. The molecule has 0 bridgehead atoms. The molecule has 39 heavy (non-hydrogen) atoms. The maximum absolute atomic E-state index is 13.0. The van der Waals surface area contributed by atoms with E-state index in [0.717, 1.165) is 22.0 Å². The van der Waals surface area contributed by atoms with Crippen molar-refractivity contribution in [1.82, 2.24) is 4.90 Å². The van der Waals surface area contributed by atoms with Crippen LogP contribution >= 0.6 is 39.3 Å². The second-order valence-corrected chi connectivity index (χ2v) is 12.1. The molecule has 0 unspecified atom stereocenters. The predicted molar refractivity (Wildman–Crippen MR) is 160 cm³/mol. The number of ether oxygens (including phenoxy) is 3. The minimum atomic E-state index is -0.361. The minimum Gasteiger partial charge on any atom is -0.492 e. The van der Waals surface area contributed by atoms with Gasteiger partial charge in [0, 0.05) is 15.1 Å². The van der Waals surface area contributed by atoms with Crippen molar-refractivity contribution in [3.8, 4) is 17.2 Å². The Morgan fingerprint density at radius 3 is 2.15 bits per heavy atom. The molecule has 4 rings (SSSR count). The van der Waals surface area contributed by atoms with Crippen molar-refractivity contribution in [3.63, 3.8) is 0 Å². The van der Waals surface area contributed by atoms with Gasteiger partial charge in [0.25, 0.3) is 11.1 Å². The normalized spacial score (nSPS) is 14.7. The van der Waals surface area contributed by atoms with Crippen LogP contribution in [0.4, 0.5) is 4.79 Å². The van der Waals surface area contributed by atoms with Crippen LogP contribution < -0.4 is 14.2 Å². The fourth-order valence-electron chi connectivity index (χ4n) is 3.73. The number of hydrogen-bond acceptors (Lipinski definition) is 6. The number of thioether (sulfide) groups is 1. The Morgan fingerprint density at radius 1 is 0.872 bits per heavy atom. The summed E-state index contributed by atoms with van der Waals surface area (Å²) in [5.74, 6) is 1.61. The Morgan fingerprint density at radius 2 is 1.49 bits per heavy atom. The third-order valence-electron chi connectivity index (χ3n) is 5.86. The average molecular weight is 631 g/mol. The third kappa shape index (κ3) is 8.03. The summed E-state index contributed by atoms with van der Waals surface area (Å²) < 4.78 is 18.3. The second kappa shape index (κ2) is 12.9. The van der Waals surface area contributed by atoms with E-state index in [-0.39, 0.29) is 29.7 Å². The number of halogens is 2. The Labute approximate surface area is 246 Å². The number of benzene rings is 3. The molecule has 0 radical (unpaired) electrons. The molecule has 3 aromatic carbocycles. The van der Waals surface area contributed by atoms with E-state index in [2.05, 4.69) is 48.8 Å². The molecule has 1 saturated heterocycles. The average Bonchev–Trinajstić information content (AvgIpc) is 3.16. The lowest BCUT2D eigenvalue weighted by Crippen LogP contribution is -2.32. The lowest BCUT2D eigenvalue weighted by molar-refractivity contribution is -0.123. The van der Waals surface area contributed by atoms with Crippen LogP contribution in [0, 0.1) is 0 Å². The lowest BCUT2D eigenvalue weighted by atomic mass is 9.87. The zero-order chi connectivity index (χ0) is 28.0. The quantitative estimate of drug-likeness (QED) is 0.167. The maximum atomic E-state index is 13.0. The highest BCUT2D eigenvalue weighted by molar-refractivity contribution is 9.10. The number of rotatable bonds is 10. The molecule has 0 aliphatic carbocycles. The molecule has 2 amide bonds. The van der Waals surface area contributed by atoms with Gasteiger partial charge in [0.2, 0.25) is 0 Å². The van der Waals surface area contributed by atoms with Crippen molar-refractivity contribution in [1.29, 1.82) is 0 Å². The first-order valence-electron chi connectivity index (χ1n) is 12.4. The first kappa shape index (κ1) is 29.1. The van der Waals surface area contributed by atoms with E-state index in [1.807, 2.05) is 30.3 Å². The Hall–Kier alpha value is -2.94. The van der Waals surface area contributed by atoms with Crippen molar-refractivity contribution in [2.45, 2.75) is 26.2 Å². The monoisotopic (exact) mass is 629 g/mol. The summed E-state index contributed by atoms with van der Waals surface area (Å²) in [6.45, 7) is 7.49. The zero-order valence-electron chi connectivity index (χ0n) is 21.9. The van der Waals surface area contributed by atoms with Crippen molar-refractivity contribution in [3.05, 3.63) is 92.3 Å². The summed E-state index contributed by atoms with van der Waals surface area (Å²) in [5, 5.41) is 0.268. The van der Waals surface area contributed by atoms with Crippen LogP contribution in [0.2, 0.25) is 5.02 Å². The molecular weight excluding hydrogens is 602 g/mol. The van der Waals surface area contributed by atoms with Gasteiger partial charge in [-0.15, -0.1) is 0 Å². The number of hydrogen-bond donors (Lipinski definition) is 0. The highest BCUT2D eigenvalue weighted by atomic mass is 79.9. The summed E-state index contributed by atoms with van der Waals surface area (Å²) in [7, 11) is 0. The van der Waals surface area contributed by atoms with Gasteiger partial charge in [0.1, 0.15) is 37.1 Å². The Bertz CT molecular complexity index is 1350. The van der Waals surface area contributed by atoms with E-state index in [0.29, 0.717) is 40.2 Å². The molecule has 3 aromatic rings. The van der Waals surface area contributed by atoms with Gasteiger partial charge in [-0.25, -0.2) is 0 Å². The van der Waals surface area contributed by atoms with E-state index in [9.17, 15) is 9.59 Å². The van der Waals surface area contributed by atoms with Gasteiger partial charge >= 0.3 is 0 Å². The van der Waals surface area contributed by atoms with Gasteiger partial charge in [-0.2, -0.15) is 0 Å². The van der Waals surface area contributed by atoms with Gasteiger partial charge in [0.05, 0.1) is 11.4 Å². The number of imide groups is 1. The first-order valence-corrected chi connectivity index (χ1v) is 14.4. The summed E-state index contributed by atoms with van der Waals surface area (Å²) in [6.07, 6.45) is 1.68. The van der Waals surface area contributed by atoms with Gasteiger partial charge < -0.3 is 14.2 Å². The molecule has 1 aliphatic heterocycles. The highest BCUT2D eigenvalue weighted by Gasteiger charge is 2.35. The molecule has 1 heterocycles. The maximum Gasteiger partial charge on any atom is 0.293 e. The molecule has 0 aromatic heterocycles. The van der Waals surface area contributed by atoms with Crippen LogP contribution in [-0.2, 0) is 10.2 Å². The number of nitrogens with zero attached hydrogens (tertiary/aromatic N) is 1. The third-order valence-corrected chi connectivity index (χ3v) is 7.52. The van der Waals surface area contributed by atoms with E-state index in [4.69, 9.17) is 25.8 Å². The molecule has 0 saturated carbocycles. The molecule has 0 N–H and O–H groups in total. The second-order valence-electron chi connectivity index (χ2n) is 9.79. The van der Waals surface area contributed by atoms with Crippen LogP contribution in [0.25, 0.3) is 6.08 Å². The van der Waals surface area contributed by atoms with Crippen LogP contribution in [-0.4, -0.2) is 42.4 Å². The van der Waals surface area contributed by atoms with Gasteiger partial charge in [0.15, 0.2) is 0 Å². The van der Waals surface area contributed by atoms with Gasteiger partial charge in [-0.3, -0.25) is 14.5 Å². The van der Waals surface area contributed by atoms with Crippen LogP contribution in [0.1, 0.15) is 31.9 Å². The number of carbonyl (C=O) groups is 2. The van der Waals surface area contributed by atoms with Crippen LogP contribution in [0.5, 0.6) is 17.2 Å². The van der Waals surface area contributed by atoms with Crippen molar-refractivity contribution < 1.29 is 23.8 Å². The fraction of sp³-hybridized carbons (Fsp3) is 0.267. The van der Waals surface area contributed by atoms with Gasteiger partial charge in [-0.1, -0.05) is 66.5 Å². The molecular formula is C30H29BrClNO5S. The van der Waals surface area contributed by atoms with Crippen molar-refractivity contribution >= 4 is 56.5 Å². The molecule has 1 fully saturated rings. The van der Waals surface area contributed by atoms with Crippen LogP contribution in [0.3, 0.4) is 0 Å². The summed E-state index contributed by atoms with van der Waals surface area (Å²) >= 11 is 10.3. The van der Waals surface area contributed by atoms with Crippen molar-refractivity contribution in [2.24, 2.45) is 0 Å².